The van der Waals surface area contributed by atoms with Crippen LogP contribution in [0, 0.1) is 0 Å². The predicted octanol–water partition coefficient (Wildman–Crippen LogP) is 4.48. The number of hydrogen-bond acceptors (Lipinski definition) is 6. The molecule has 36 heavy (non-hydrogen) atoms. The van der Waals surface area contributed by atoms with Crippen molar-refractivity contribution in [3.05, 3.63) is 96.1 Å². The van der Waals surface area contributed by atoms with E-state index in [0.717, 1.165) is 18.2 Å². The van der Waals surface area contributed by atoms with E-state index in [4.69, 9.17) is 4.74 Å². The Bertz CT molecular complexity index is 1330. The molecule has 0 N–H and O–H groups in total. The molecule has 188 valence electrons. The van der Waals surface area contributed by atoms with Crippen molar-refractivity contribution in [2.45, 2.75) is 17.5 Å². The smallest absolute Gasteiger partial charge is 0.416 e. The Hall–Kier alpha value is -3.99. The van der Waals surface area contributed by atoms with Crippen LogP contribution in [0.2, 0.25) is 0 Å². The maximum atomic E-state index is 13.2. The van der Waals surface area contributed by atoms with Crippen LogP contribution in [0.3, 0.4) is 0 Å². The van der Waals surface area contributed by atoms with Gasteiger partial charge in [-0.3, -0.25) is 9.59 Å². The van der Waals surface area contributed by atoms with Crippen LogP contribution in [-0.4, -0.2) is 38.9 Å². The van der Waals surface area contributed by atoms with Crippen molar-refractivity contribution in [1.82, 2.24) is 0 Å². The van der Waals surface area contributed by atoms with Gasteiger partial charge in [-0.05, 0) is 35.9 Å². The van der Waals surface area contributed by atoms with Crippen LogP contribution in [0.15, 0.2) is 94.9 Å². The summed E-state index contributed by atoms with van der Waals surface area (Å²) in [6.07, 6.45) is -3.89. The Morgan fingerprint density at radius 1 is 0.917 bits per heavy atom. The van der Waals surface area contributed by atoms with Crippen molar-refractivity contribution in [2.75, 3.05) is 17.4 Å². The second kappa shape index (κ2) is 11.6. The summed E-state index contributed by atoms with van der Waals surface area (Å²) in [6.45, 7) is -0.855. The first-order chi connectivity index (χ1) is 17.1. The summed E-state index contributed by atoms with van der Waals surface area (Å²) in [6, 6.07) is 20.0. The van der Waals surface area contributed by atoms with Crippen molar-refractivity contribution >= 4 is 33.6 Å². The zero-order valence-electron chi connectivity index (χ0n) is 18.8. The molecule has 0 heterocycles. The third kappa shape index (κ3) is 7.51. The van der Waals surface area contributed by atoms with E-state index in [2.05, 4.69) is 5.10 Å². The quantitative estimate of drug-likeness (QED) is 0.237. The van der Waals surface area contributed by atoms with Gasteiger partial charge in [0.15, 0.2) is 16.4 Å². The second-order valence-electron chi connectivity index (χ2n) is 7.45. The minimum absolute atomic E-state index is 0.0415. The van der Waals surface area contributed by atoms with Crippen molar-refractivity contribution in [3.8, 4) is 0 Å². The highest BCUT2D eigenvalue weighted by atomic mass is 32.2. The van der Waals surface area contributed by atoms with Gasteiger partial charge in [0.1, 0.15) is 0 Å². The molecular weight excluding hydrogens is 497 g/mol. The molecule has 3 aromatic rings. The van der Waals surface area contributed by atoms with E-state index >= 15 is 0 Å². The van der Waals surface area contributed by atoms with Crippen LogP contribution in [0.5, 0.6) is 0 Å². The van der Waals surface area contributed by atoms with E-state index in [-0.39, 0.29) is 10.6 Å². The zero-order chi connectivity index (χ0) is 26.2. The van der Waals surface area contributed by atoms with Gasteiger partial charge >= 0.3 is 12.1 Å². The zero-order valence-corrected chi connectivity index (χ0v) is 19.6. The standard InChI is InChI=1S/C25H21F3N2O5S/c26-25(27,28)20-10-7-11-21(16-20)30(29-17-19-8-3-1-4-9-19)23(31)18-35-24(32)14-15-36(33,34)22-12-5-2-6-13-22/h1-13,16-17H,14-15,18H2/b29-17-. The molecule has 0 aliphatic rings. The van der Waals surface area contributed by atoms with Crippen LogP contribution >= 0.6 is 0 Å². The number of halogens is 3. The van der Waals surface area contributed by atoms with E-state index in [9.17, 15) is 31.2 Å². The van der Waals surface area contributed by atoms with Gasteiger partial charge in [0.25, 0.3) is 5.91 Å². The molecule has 0 fully saturated rings. The number of nitrogens with zero attached hydrogens (tertiary/aromatic N) is 2. The van der Waals surface area contributed by atoms with Crippen molar-refractivity contribution in [1.29, 1.82) is 0 Å². The molecule has 0 aliphatic heterocycles. The molecule has 1 amide bonds. The lowest BCUT2D eigenvalue weighted by Gasteiger charge is -2.18. The minimum Gasteiger partial charge on any atom is -0.455 e. The fourth-order valence-corrected chi connectivity index (χ4v) is 4.23. The molecule has 3 rings (SSSR count). The maximum Gasteiger partial charge on any atom is 0.416 e. The van der Waals surface area contributed by atoms with Gasteiger partial charge < -0.3 is 4.74 Å². The number of esters is 1. The Labute approximate surface area is 205 Å². The number of sulfone groups is 1. The summed E-state index contributed by atoms with van der Waals surface area (Å²) in [5, 5.41) is 4.69. The number of alkyl halides is 3. The predicted molar refractivity (Wildman–Crippen MR) is 127 cm³/mol. The van der Waals surface area contributed by atoms with Crippen molar-refractivity contribution < 1.29 is 35.9 Å². The minimum atomic E-state index is -4.65. The molecular formula is C25H21F3N2O5S. The molecule has 0 saturated carbocycles. The van der Waals surface area contributed by atoms with Gasteiger partial charge in [-0.15, -0.1) is 0 Å². The highest BCUT2D eigenvalue weighted by Gasteiger charge is 2.31. The molecule has 0 atom stereocenters. The number of hydrazone groups is 1. The maximum absolute atomic E-state index is 13.2. The molecule has 0 saturated heterocycles. The number of anilines is 1. The SMILES string of the molecule is O=C(CCS(=O)(=O)c1ccccc1)OCC(=O)N(/N=C\c1ccccc1)c1cccc(C(F)(F)F)c1. The normalized spacial score (nSPS) is 11.9. The topological polar surface area (TPSA) is 93.1 Å². The van der Waals surface area contributed by atoms with E-state index in [1.807, 2.05) is 0 Å². The first-order valence-electron chi connectivity index (χ1n) is 10.6. The van der Waals surface area contributed by atoms with E-state index < -0.39 is 52.2 Å². The number of ether oxygens (including phenoxy) is 1. The lowest BCUT2D eigenvalue weighted by Crippen LogP contribution is -2.31. The molecule has 11 heteroatoms. The molecule has 0 spiro atoms. The highest BCUT2D eigenvalue weighted by Crippen LogP contribution is 2.31. The summed E-state index contributed by atoms with van der Waals surface area (Å²) in [7, 11) is -3.74. The first kappa shape index (κ1) is 26.6. The summed E-state index contributed by atoms with van der Waals surface area (Å²) in [5.74, 6) is -2.42. The number of hydrogen-bond donors (Lipinski definition) is 0. The number of rotatable bonds is 9. The number of carbonyl (C=O) groups is 2. The fourth-order valence-electron chi connectivity index (χ4n) is 2.99. The van der Waals surface area contributed by atoms with Gasteiger partial charge in [0.2, 0.25) is 0 Å². The van der Waals surface area contributed by atoms with Gasteiger partial charge in [0, 0.05) is 0 Å². The third-order valence-corrected chi connectivity index (χ3v) is 6.54. The van der Waals surface area contributed by atoms with E-state index in [0.29, 0.717) is 10.6 Å². The Kier molecular flexibility index (Phi) is 8.59. The van der Waals surface area contributed by atoms with Crippen LogP contribution in [0.25, 0.3) is 0 Å². The van der Waals surface area contributed by atoms with Crippen LogP contribution in [0.4, 0.5) is 18.9 Å². The van der Waals surface area contributed by atoms with Crippen LogP contribution < -0.4 is 5.01 Å². The summed E-state index contributed by atoms with van der Waals surface area (Å²) in [5.41, 5.74) is -0.606. The largest absolute Gasteiger partial charge is 0.455 e. The molecule has 0 aromatic heterocycles. The monoisotopic (exact) mass is 518 g/mol. The van der Waals surface area contributed by atoms with E-state index in [1.165, 1.54) is 24.4 Å². The second-order valence-corrected chi connectivity index (χ2v) is 9.56. The Morgan fingerprint density at radius 2 is 1.56 bits per heavy atom. The van der Waals surface area contributed by atoms with Gasteiger partial charge in [0.05, 0.1) is 34.5 Å². The van der Waals surface area contributed by atoms with Crippen molar-refractivity contribution in [3.63, 3.8) is 0 Å². The molecule has 7 nitrogen and oxygen atoms in total. The fraction of sp³-hybridized carbons (Fsp3) is 0.160. The Balaban J connectivity index is 1.71. The summed E-state index contributed by atoms with van der Waals surface area (Å²) >= 11 is 0. The van der Waals surface area contributed by atoms with Crippen LogP contribution in [-0.2, 0) is 30.3 Å². The number of carbonyl (C=O) groups excluding carboxylic acids is 2. The lowest BCUT2D eigenvalue weighted by atomic mass is 10.2. The summed E-state index contributed by atoms with van der Waals surface area (Å²) < 4.78 is 69.1. The summed E-state index contributed by atoms with van der Waals surface area (Å²) in [4.78, 5) is 24.9. The molecule has 0 radical (unpaired) electrons. The average molecular weight is 519 g/mol. The van der Waals surface area contributed by atoms with Gasteiger partial charge in [-0.2, -0.15) is 23.3 Å². The number of benzene rings is 3. The average Bonchev–Trinajstić information content (AvgIpc) is 2.87. The van der Waals surface area contributed by atoms with E-state index in [1.54, 1.807) is 48.5 Å². The van der Waals surface area contributed by atoms with Gasteiger partial charge in [-0.25, -0.2) is 8.42 Å². The highest BCUT2D eigenvalue weighted by molar-refractivity contribution is 7.91. The number of amides is 1. The van der Waals surface area contributed by atoms with Crippen molar-refractivity contribution in [2.24, 2.45) is 5.10 Å². The first-order valence-corrected chi connectivity index (χ1v) is 12.2. The van der Waals surface area contributed by atoms with Gasteiger partial charge in [-0.1, -0.05) is 54.6 Å². The molecule has 0 aliphatic carbocycles. The molecule has 3 aromatic carbocycles. The lowest BCUT2D eigenvalue weighted by molar-refractivity contribution is -0.147. The Morgan fingerprint density at radius 3 is 2.19 bits per heavy atom. The third-order valence-electron chi connectivity index (χ3n) is 4.81. The van der Waals surface area contributed by atoms with Crippen LogP contribution in [0.1, 0.15) is 17.5 Å². The molecule has 0 unspecified atom stereocenters. The molecule has 0 bridgehead atoms.